The molecule has 0 unspecified atom stereocenters. The molecule has 140 valence electrons. The number of hydrogen-bond donors (Lipinski definition) is 0. The average Bonchev–Trinajstić information content (AvgIpc) is 3.13. The summed E-state index contributed by atoms with van der Waals surface area (Å²) in [6, 6.07) is 4.38. The van der Waals surface area contributed by atoms with Crippen LogP contribution in [0.2, 0.25) is 0 Å². The Hall–Kier alpha value is -1.82. The number of rotatable bonds is 1. The Bertz CT molecular complexity index is 924. The lowest BCUT2D eigenvalue weighted by Crippen LogP contribution is -2.48. The second-order valence-electron chi connectivity index (χ2n) is 7.52. The van der Waals surface area contributed by atoms with Gasteiger partial charge < -0.3 is 0 Å². The molecule has 0 spiro atoms. The Morgan fingerprint density at radius 1 is 1.27 bits per heavy atom. The van der Waals surface area contributed by atoms with E-state index in [9.17, 15) is 26.0 Å². The van der Waals surface area contributed by atoms with Crippen LogP contribution in [-0.4, -0.2) is 25.9 Å². The summed E-state index contributed by atoms with van der Waals surface area (Å²) in [5.74, 6) is -0.984. The monoisotopic (exact) mass is 388 g/mol. The van der Waals surface area contributed by atoms with E-state index in [0.717, 1.165) is 10.4 Å². The van der Waals surface area contributed by atoms with Crippen molar-refractivity contribution < 1.29 is 26.0 Å². The van der Waals surface area contributed by atoms with Gasteiger partial charge in [-0.2, -0.15) is 18.4 Å². The van der Waals surface area contributed by atoms with Crippen molar-refractivity contribution in [2.75, 3.05) is 10.8 Å². The summed E-state index contributed by atoms with van der Waals surface area (Å²) in [4.78, 5) is 0. The van der Waals surface area contributed by atoms with E-state index in [-0.39, 0.29) is 24.1 Å². The average molecular weight is 388 g/mol. The number of nitriles is 1. The number of benzene rings is 1. The zero-order valence-corrected chi connectivity index (χ0v) is 14.6. The molecule has 2 bridgehead atoms. The van der Waals surface area contributed by atoms with Crippen molar-refractivity contribution in [2.45, 2.75) is 36.9 Å². The first-order valence-corrected chi connectivity index (χ1v) is 9.73. The van der Waals surface area contributed by atoms with Crippen LogP contribution in [0.15, 0.2) is 18.2 Å². The molecule has 1 heterocycles. The maximum atomic E-state index is 14.2. The van der Waals surface area contributed by atoms with Gasteiger partial charge in [0, 0.05) is 18.4 Å². The second kappa shape index (κ2) is 5.12. The van der Waals surface area contributed by atoms with Crippen molar-refractivity contribution in [3.63, 3.8) is 0 Å². The van der Waals surface area contributed by atoms with E-state index >= 15 is 0 Å². The third-order valence-electron chi connectivity index (χ3n) is 6.49. The van der Waals surface area contributed by atoms with Crippen LogP contribution in [0.5, 0.6) is 0 Å². The molecule has 9 heteroatoms. The van der Waals surface area contributed by atoms with Gasteiger partial charge in [0.25, 0.3) is 0 Å². The number of alkyl halides is 4. The van der Waals surface area contributed by atoms with Gasteiger partial charge in [-0.1, -0.05) is 0 Å². The Morgan fingerprint density at radius 2 is 1.96 bits per heavy atom. The van der Waals surface area contributed by atoms with E-state index in [1.54, 1.807) is 0 Å². The van der Waals surface area contributed by atoms with Crippen LogP contribution in [0.3, 0.4) is 0 Å². The maximum absolute atomic E-state index is 14.2. The van der Waals surface area contributed by atoms with Gasteiger partial charge in [0.1, 0.15) is 6.17 Å². The van der Waals surface area contributed by atoms with Gasteiger partial charge in [0.15, 0.2) is 0 Å². The minimum absolute atomic E-state index is 0.0515. The number of sulfonamides is 1. The molecule has 0 radical (unpaired) electrons. The molecule has 5 atom stereocenters. The highest BCUT2D eigenvalue weighted by molar-refractivity contribution is 7.94. The van der Waals surface area contributed by atoms with Crippen LogP contribution in [0.25, 0.3) is 0 Å². The summed E-state index contributed by atoms with van der Waals surface area (Å²) in [7, 11) is -4.02. The zero-order chi connectivity index (χ0) is 19.1. The molecule has 1 aromatic carbocycles. The van der Waals surface area contributed by atoms with E-state index in [0.29, 0.717) is 18.9 Å². The highest BCUT2D eigenvalue weighted by Crippen LogP contribution is 2.63. The lowest BCUT2D eigenvalue weighted by molar-refractivity contribution is -0.137. The van der Waals surface area contributed by atoms with E-state index in [2.05, 4.69) is 0 Å². The summed E-state index contributed by atoms with van der Waals surface area (Å²) in [6.07, 6.45) is -5.14. The van der Waals surface area contributed by atoms with Crippen molar-refractivity contribution in [3.8, 4) is 6.07 Å². The molecule has 3 fully saturated rings. The minimum Gasteiger partial charge on any atom is -0.269 e. The SMILES string of the molecule is C[C@@]12[C@@H](CN(c3ccc(C#N)c(C(F)(F)F)c3)S1(=O)=O)[C@@H]1C[C@H](F)[C@@H]2C1. The number of halogens is 4. The van der Waals surface area contributed by atoms with Gasteiger partial charge in [-0.25, -0.2) is 12.8 Å². The molecule has 3 aliphatic rings. The number of hydrogen-bond acceptors (Lipinski definition) is 3. The molecule has 4 nitrogen and oxygen atoms in total. The van der Waals surface area contributed by atoms with E-state index in [4.69, 9.17) is 5.26 Å². The zero-order valence-electron chi connectivity index (χ0n) is 13.8. The molecule has 2 saturated carbocycles. The highest BCUT2D eigenvalue weighted by Gasteiger charge is 2.71. The van der Waals surface area contributed by atoms with Crippen LogP contribution in [0.1, 0.15) is 30.9 Å². The summed E-state index contributed by atoms with van der Waals surface area (Å²) in [5, 5.41) is 8.90. The Labute approximate surface area is 148 Å². The Morgan fingerprint density at radius 3 is 2.58 bits per heavy atom. The predicted octanol–water partition coefficient (Wildman–Crippen LogP) is 3.48. The lowest BCUT2D eigenvalue weighted by atomic mass is 9.79. The van der Waals surface area contributed by atoms with Gasteiger partial charge >= 0.3 is 6.18 Å². The summed E-state index contributed by atoms with van der Waals surface area (Å²) >= 11 is 0. The molecule has 0 N–H and O–H groups in total. The number of anilines is 1. The standard InChI is InChI=1S/C17H16F4N2O2S/c1-16-13-4-10(5-15(13)18)14(16)8-23(26(16,24)25)11-3-2-9(7-22)12(6-11)17(19,20)21/h2-3,6,10,13-15H,4-5,8H2,1H3/t10-,13-,14-,15-,16+/m0/s1. The van der Waals surface area contributed by atoms with Crippen molar-refractivity contribution in [1.29, 1.82) is 5.26 Å². The van der Waals surface area contributed by atoms with Crippen LogP contribution in [-0.2, 0) is 16.2 Å². The van der Waals surface area contributed by atoms with Crippen LogP contribution in [0, 0.1) is 29.1 Å². The molecule has 2 aliphatic carbocycles. The normalized spacial score (nSPS) is 37.6. The van der Waals surface area contributed by atoms with Crippen molar-refractivity contribution in [1.82, 2.24) is 0 Å². The molecular weight excluding hydrogens is 372 g/mol. The van der Waals surface area contributed by atoms with Gasteiger partial charge in [-0.05, 0) is 43.9 Å². The third-order valence-corrected chi connectivity index (χ3v) is 9.15. The summed E-state index contributed by atoms with van der Waals surface area (Å²) in [6.45, 7) is 1.58. The van der Waals surface area contributed by atoms with Crippen LogP contribution >= 0.6 is 0 Å². The lowest BCUT2D eigenvalue weighted by Gasteiger charge is -2.35. The Kier molecular flexibility index (Phi) is 3.47. The highest BCUT2D eigenvalue weighted by atomic mass is 32.2. The molecule has 1 saturated heterocycles. The van der Waals surface area contributed by atoms with Gasteiger partial charge in [-0.3, -0.25) is 4.31 Å². The quantitative estimate of drug-likeness (QED) is 0.692. The van der Waals surface area contributed by atoms with E-state index in [1.165, 1.54) is 19.1 Å². The summed E-state index contributed by atoms with van der Waals surface area (Å²) in [5.41, 5.74) is -1.85. The molecule has 1 aromatic rings. The smallest absolute Gasteiger partial charge is 0.269 e. The topological polar surface area (TPSA) is 61.2 Å². The maximum Gasteiger partial charge on any atom is 0.417 e. The predicted molar refractivity (Wildman–Crippen MR) is 85.4 cm³/mol. The molecule has 0 aromatic heterocycles. The first kappa shape index (κ1) is 17.6. The Balaban J connectivity index is 1.81. The third kappa shape index (κ3) is 2.02. The number of nitrogens with zero attached hydrogens (tertiary/aromatic N) is 2. The van der Waals surface area contributed by atoms with Gasteiger partial charge in [0.2, 0.25) is 10.0 Å². The molecule has 0 amide bonds. The van der Waals surface area contributed by atoms with E-state index < -0.39 is 44.2 Å². The van der Waals surface area contributed by atoms with E-state index in [1.807, 2.05) is 0 Å². The minimum atomic E-state index is -4.77. The van der Waals surface area contributed by atoms with Crippen molar-refractivity contribution >= 4 is 15.7 Å². The van der Waals surface area contributed by atoms with Crippen LogP contribution < -0.4 is 4.31 Å². The molecule has 26 heavy (non-hydrogen) atoms. The van der Waals surface area contributed by atoms with Crippen molar-refractivity contribution in [2.24, 2.45) is 17.8 Å². The largest absolute Gasteiger partial charge is 0.417 e. The fraction of sp³-hybridized carbons (Fsp3) is 0.588. The summed E-state index contributed by atoms with van der Waals surface area (Å²) < 4.78 is 79.9. The molecular formula is C17H16F4N2O2S. The number of fused-ring (bicyclic) bond motifs is 5. The van der Waals surface area contributed by atoms with Gasteiger partial charge in [-0.15, -0.1) is 0 Å². The van der Waals surface area contributed by atoms with Crippen molar-refractivity contribution in [3.05, 3.63) is 29.3 Å². The fourth-order valence-corrected chi connectivity index (χ4v) is 7.68. The van der Waals surface area contributed by atoms with Gasteiger partial charge in [0.05, 0.1) is 27.6 Å². The first-order valence-electron chi connectivity index (χ1n) is 8.29. The molecule has 1 aliphatic heterocycles. The fourth-order valence-electron chi connectivity index (χ4n) is 5.18. The molecule has 4 rings (SSSR count). The first-order chi connectivity index (χ1) is 12.0. The van der Waals surface area contributed by atoms with Crippen LogP contribution in [0.4, 0.5) is 23.2 Å². The second-order valence-corrected chi connectivity index (χ2v) is 9.79.